The number of nitrogens with one attached hydrogen (secondary N) is 1. The van der Waals surface area contributed by atoms with Crippen molar-refractivity contribution >= 4 is 39.4 Å². The van der Waals surface area contributed by atoms with E-state index in [4.69, 9.17) is 0 Å². The number of hydrogen-bond donors (Lipinski definition) is 1. The van der Waals surface area contributed by atoms with E-state index in [0.29, 0.717) is 11.6 Å². The average Bonchev–Trinajstić information content (AvgIpc) is 3.12. The minimum absolute atomic E-state index is 0.0150. The Kier molecular flexibility index (Phi) is 3.93. The van der Waals surface area contributed by atoms with E-state index in [0.717, 1.165) is 21.4 Å². The molecule has 4 rings (SSSR count). The molecule has 0 spiro atoms. The molecule has 0 unspecified atom stereocenters. The van der Waals surface area contributed by atoms with Crippen LogP contribution < -0.4 is 5.32 Å². The van der Waals surface area contributed by atoms with Crippen LogP contribution in [0.5, 0.6) is 0 Å². The van der Waals surface area contributed by atoms with Crippen LogP contribution in [0.25, 0.3) is 5.69 Å². The van der Waals surface area contributed by atoms with Gasteiger partial charge in [-0.3, -0.25) is 14.0 Å². The van der Waals surface area contributed by atoms with Crippen LogP contribution in [0, 0.1) is 0 Å². The van der Waals surface area contributed by atoms with Gasteiger partial charge < -0.3 is 5.32 Å². The summed E-state index contributed by atoms with van der Waals surface area (Å²) in [5.74, 6) is 0.964. The van der Waals surface area contributed by atoms with Crippen molar-refractivity contribution in [2.45, 2.75) is 5.25 Å². The number of amides is 1. The van der Waals surface area contributed by atoms with Gasteiger partial charge >= 0.3 is 0 Å². The van der Waals surface area contributed by atoms with Gasteiger partial charge in [0.05, 0.1) is 22.9 Å². The molecule has 0 bridgehead atoms. The summed E-state index contributed by atoms with van der Waals surface area (Å²) >= 11 is 5.04. The predicted molar refractivity (Wildman–Crippen MR) is 97.4 cm³/mol. The summed E-state index contributed by atoms with van der Waals surface area (Å²) in [4.78, 5) is 16.4. The van der Waals surface area contributed by atoms with Gasteiger partial charge in [-0.1, -0.05) is 15.9 Å². The largest absolute Gasteiger partial charge is 0.308 e. The lowest BCUT2D eigenvalue weighted by Crippen LogP contribution is -2.12. The molecule has 0 saturated carbocycles. The molecule has 1 atom stereocenters. The highest BCUT2D eigenvalue weighted by atomic mass is 79.9. The fourth-order valence-electron chi connectivity index (χ4n) is 2.75. The Morgan fingerprint density at radius 1 is 1.33 bits per heavy atom. The van der Waals surface area contributed by atoms with Gasteiger partial charge in [-0.2, -0.15) is 5.10 Å². The third kappa shape index (κ3) is 2.76. The van der Waals surface area contributed by atoms with Crippen molar-refractivity contribution < 1.29 is 4.79 Å². The first-order valence-corrected chi connectivity index (χ1v) is 9.19. The molecular formula is C16H14BrN5OS. The van der Waals surface area contributed by atoms with Crippen LogP contribution in [0.3, 0.4) is 0 Å². The van der Waals surface area contributed by atoms with E-state index in [1.807, 2.05) is 48.3 Å². The minimum atomic E-state index is -0.0336. The number of halogens is 1. The van der Waals surface area contributed by atoms with Gasteiger partial charge in [0.2, 0.25) is 5.91 Å². The summed E-state index contributed by atoms with van der Waals surface area (Å²) in [6.45, 7) is 0. The molecule has 0 saturated heterocycles. The highest BCUT2D eigenvalue weighted by Gasteiger charge is 2.29. The van der Waals surface area contributed by atoms with Crippen molar-refractivity contribution in [1.29, 1.82) is 0 Å². The molecular weight excluding hydrogens is 390 g/mol. The quantitative estimate of drug-likeness (QED) is 0.713. The Morgan fingerprint density at radius 3 is 2.83 bits per heavy atom. The Bertz CT molecular complexity index is 902. The Balaban J connectivity index is 1.87. The first kappa shape index (κ1) is 15.5. The van der Waals surface area contributed by atoms with E-state index in [9.17, 15) is 4.79 Å². The molecule has 0 fully saturated rings. The van der Waals surface area contributed by atoms with E-state index in [2.05, 4.69) is 31.3 Å². The molecule has 1 amide bonds. The van der Waals surface area contributed by atoms with Crippen molar-refractivity contribution in [2.24, 2.45) is 7.05 Å². The molecule has 0 aliphatic carbocycles. The highest BCUT2D eigenvalue weighted by molar-refractivity contribution is 9.10. The first-order chi connectivity index (χ1) is 11.6. The average molecular weight is 404 g/mol. The normalized spacial score (nSPS) is 17.2. The monoisotopic (exact) mass is 403 g/mol. The number of anilines is 1. The standard InChI is InChI=1S/C16H14BrN5OS/c1-21-7-10(6-19-21)15-14-16(20-13(23)8-24-15)18-9-22(14)12-4-2-11(17)3-5-12/h2-7,9,15H,8H2,1H3,(H,20,23)/t15-/m1/s1. The fraction of sp³-hybridized carbons (Fsp3) is 0.188. The van der Waals surface area contributed by atoms with Crippen molar-refractivity contribution in [1.82, 2.24) is 19.3 Å². The first-order valence-electron chi connectivity index (χ1n) is 7.35. The van der Waals surface area contributed by atoms with Crippen molar-refractivity contribution in [3.05, 3.63) is 58.7 Å². The zero-order chi connectivity index (χ0) is 16.7. The molecule has 3 aromatic rings. The second-order valence-corrected chi connectivity index (χ2v) is 7.52. The molecule has 8 heteroatoms. The summed E-state index contributed by atoms with van der Waals surface area (Å²) in [6.07, 6.45) is 5.58. The van der Waals surface area contributed by atoms with Gasteiger partial charge in [0.1, 0.15) is 6.33 Å². The van der Waals surface area contributed by atoms with E-state index >= 15 is 0 Å². The molecule has 3 heterocycles. The molecule has 1 aliphatic heterocycles. The number of carbonyl (C=O) groups is 1. The lowest BCUT2D eigenvalue weighted by atomic mass is 10.1. The number of hydrogen-bond acceptors (Lipinski definition) is 4. The summed E-state index contributed by atoms with van der Waals surface area (Å²) in [6, 6.07) is 8.01. The van der Waals surface area contributed by atoms with E-state index in [-0.39, 0.29) is 11.2 Å². The van der Waals surface area contributed by atoms with Crippen LogP contribution in [-0.4, -0.2) is 31.0 Å². The lowest BCUT2D eigenvalue weighted by molar-refractivity contribution is -0.113. The maximum Gasteiger partial charge on any atom is 0.235 e. The Hall–Kier alpha value is -2.06. The maximum atomic E-state index is 12.0. The second kappa shape index (κ2) is 6.10. The molecule has 1 N–H and O–H groups in total. The summed E-state index contributed by atoms with van der Waals surface area (Å²) in [7, 11) is 1.89. The zero-order valence-electron chi connectivity index (χ0n) is 12.8. The summed E-state index contributed by atoms with van der Waals surface area (Å²) in [5.41, 5.74) is 3.01. The van der Waals surface area contributed by atoms with Crippen LogP contribution >= 0.6 is 27.7 Å². The number of aromatic nitrogens is 4. The Labute approximate surface area is 151 Å². The van der Waals surface area contributed by atoms with Gasteiger partial charge in [-0.05, 0) is 24.3 Å². The molecule has 1 aromatic carbocycles. The summed E-state index contributed by atoms with van der Waals surface area (Å²) < 4.78 is 4.82. The van der Waals surface area contributed by atoms with Crippen LogP contribution in [-0.2, 0) is 11.8 Å². The Morgan fingerprint density at radius 2 is 2.12 bits per heavy atom. The van der Waals surface area contributed by atoms with Gasteiger partial charge in [0, 0.05) is 29.0 Å². The molecule has 122 valence electrons. The smallest absolute Gasteiger partial charge is 0.235 e. The topological polar surface area (TPSA) is 64.7 Å². The van der Waals surface area contributed by atoms with Crippen LogP contribution in [0.15, 0.2) is 47.5 Å². The molecule has 1 aliphatic rings. The summed E-state index contributed by atoms with van der Waals surface area (Å²) in [5, 5.41) is 7.16. The number of aryl methyl sites for hydroxylation is 1. The zero-order valence-corrected chi connectivity index (χ0v) is 15.2. The highest BCUT2D eigenvalue weighted by Crippen LogP contribution is 2.41. The number of benzene rings is 1. The van der Waals surface area contributed by atoms with Crippen molar-refractivity contribution in [2.75, 3.05) is 11.1 Å². The van der Waals surface area contributed by atoms with Crippen LogP contribution in [0.4, 0.5) is 5.82 Å². The predicted octanol–water partition coefficient (Wildman–Crippen LogP) is 3.14. The van der Waals surface area contributed by atoms with Gasteiger partial charge in [-0.25, -0.2) is 4.98 Å². The van der Waals surface area contributed by atoms with Gasteiger partial charge in [0.25, 0.3) is 0 Å². The number of thioether (sulfide) groups is 1. The SMILES string of the molecule is Cn1cc([C@H]2SCC(=O)Nc3ncn(-c4ccc(Br)cc4)c32)cn1. The van der Waals surface area contributed by atoms with Crippen LogP contribution in [0.1, 0.15) is 16.5 Å². The molecule has 2 aromatic heterocycles. The molecule has 6 nitrogen and oxygen atoms in total. The van der Waals surface area contributed by atoms with Crippen molar-refractivity contribution in [3.8, 4) is 5.69 Å². The third-order valence-electron chi connectivity index (χ3n) is 3.82. The number of imidazole rings is 1. The van der Waals surface area contributed by atoms with Gasteiger partial charge in [0.15, 0.2) is 5.82 Å². The number of fused-ring (bicyclic) bond motifs is 1. The van der Waals surface area contributed by atoms with E-state index in [1.165, 1.54) is 0 Å². The van der Waals surface area contributed by atoms with E-state index in [1.54, 1.807) is 22.8 Å². The van der Waals surface area contributed by atoms with Gasteiger partial charge in [-0.15, -0.1) is 11.8 Å². The maximum absolute atomic E-state index is 12.0. The molecule has 0 radical (unpaired) electrons. The number of carbonyl (C=O) groups excluding carboxylic acids is 1. The molecule has 24 heavy (non-hydrogen) atoms. The number of rotatable bonds is 2. The fourth-order valence-corrected chi connectivity index (χ4v) is 4.10. The van der Waals surface area contributed by atoms with Crippen molar-refractivity contribution in [3.63, 3.8) is 0 Å². The lowest BCUT2D eigenvalue weighted by Gasteiger charge is -2.16. The number of nitrogens with zero attached hydrogens (tertiary/aromatic N) is 4. The van der Waals surface area contributed by atoms with E-state index < -0.39 is 0 Å². The third-order valence-corrected chi connectivity index (χ3v) is 5.61. The second-order valence-electron chi connectivity index (χ2n) is 5.51. The minimum Gasteiger partial charge on any atom is -0.308 e. The van der Waals surface area contributed by atoms with Crippen LogP contribution in [0.2, 0.25) is 0 Å².